The van der Waals surface area contributed by atoms with E-state index in [1.807, 2.05) is 67.8 Å². The largest absolute Gasteiger partial charge is 0.483 e. The van der Waals surface area contributed by atoms with Crippen LogP contribution in [0, 0.1) is 0 Å². The number of amides is 2. The zero-order valence-electron chi connectivity index (χ0n) is 21.2. The fourth-order valence-electron chi connectivity index (χ4n) is 4.88. The highest BCUT2D eigenvalue weighted by Crippen LogP contribution is 2.39. The molecule has 8 heteroatoms. The van der Waals surface area contributed by atoms with Crippen LogP contribution in [0.5, 0.6) is 5.75 Å². The van der Waals surface area contributed by atoms with E-state index in [1.54, 1.807) is 0 Å². The van der Waals surface area contributed by atoms with Crippen LogP contribution in [0.25, 0.3) is 5.57 Å². The molecule has 0 saturated heterocycles. The van der Waals surface area contributed by atoms with Crippen LogP contribution in [0.15, 0.2) is 59.7 Å². The third kappa shape index (κ3) is 4.80. The lowest BCUT2D eigenvalue weighted by Gasteiger charge is -2.39. The molecule has 2 aromatic carbocycles. The minimum atomic E-state index is -0.562. The van der Waals surface area contributed by atoms with E-state index in [0.717, 1.165) is 29.0 Å². The molecular weight excluding hydrogens is 456 g/mol. The van der Waals surface area contributed by atoms with E-state index in [0.29, 0.717) is 25.4 Å². The second-order valence-electron chi connectivity index (χ2n) is 10.4. The van der Waals surface area contributed by atoms with Crippen LogP contribution < -0.4 is 15.1 Å². The minimum Gasteiger partial charge on any atom is -0.483 e. The Morgan fingerprint density at radius 3 is 2.72 bits per heavy atom. The molecule has 2 atom stereocenters. The first-order valence-electron chi connectivity index (χ1n) is 12.3. The van der Waals surface area contributed by atoms with Crippen LogP contribution in [0.4, 0.5) is 10.5 Å². The Labute approximate surface area is 211 Å². The summed E-state index contributed by atoms with van der Waals surface area (Å²) in [6.07, 6.45) is 3.21. The monoisotopic (exact) mass is 488 g/mol. The topological polar surface area (TPSA) is 83.5 Å². The maximum Gasteiger partial charge on any atom is 0.410 e. The Kier molecular flexibility index (Phi) is 6.20. The summed E-state index contributed by atoms with van der Waals surface area (Å²) in [6, 6.07) is 15.8. The third-order valence-electron chi connectivity index (χ3n) is 6.66. The molecule has 3 heterocycles. The number of nitrogens with zero attached hydrogens (tertiary/aromatic N) is 3. The summed E-state index contributed by atoms with van der Waals surface area (Å²) in [4.78, 5) is 29.1. The first-order chi connectivity index (χ1) is 17.2. The van der Waals surface area contributed by atoms with Gasteiger partial charge < -0.3 is 19.3 Å². The Balaban J connectivity index is 1.45. The van der Waals surface area contributed by atoms with Crippen LogP contribution in [0.3, 0.4) is 0 Å². The Morgan fingerprint density at radius 1 is 1.19 bits per heavy atom. The van der Waals surface area contributed by atoms with Crippen molar-refractivity contribution >= 4 is 29.1 Å². The van der Waals surface area contributed by atoms with Gasteiger partial charge in [-0.3, -0.25) is 4.79 Å². The molecule has 1 N–H and O–H groups in total. The predicted molar refractivity (Wildman–Crippen MR) is 139 cm³/mol. The number of anilines is 1. The van der Waals surface area contributed by atoms with Gasteiger partial charge in [0.15, 0.2) is 5.84 Å². The van der Waals surface area contributed by atoms with Crippen molar-refractivity contribution in [2.45, 2.75) is 58.2 Å². The van der Waals surface area contributed by atoms with Crippen LogP contribution in [0.1, 0.15) is 45.2 Å². The summed E-state index contributed by atoms with van der Waals surface area (Å²) in [5.74, 6) is 1.26. The normalized spacial score (nSPS) is 21.4. The standard InChI is InChI=1S/C28H32N4O4/c1-18-26(33)30-29-25-17-35-24-11-10-20(16-23(24)32(18)25)21-12-13-31(27(34)36-28(2,3)4)22(15-21)14-19-8-6-5-7-9-19/h5-12,16,18,22H,13-15,17H2,1-4H3,(H,30,33)/t18-,22-/m0/s1. The van der Waals surface area contributed by atoms with E-state index in [-0.39, 0.29) is 24.1 Å². The average molecular weight is 489 g/mol. The maximum atomic E-state index is 13.1. The molecule has 0 radical (unpaired) electrons. The van der Waals surface area contributed by atoms with E-state index in [4.69, 9.17) is 9.47 Å². The molecule has 0 saturated carbocycles. The lowest BCUT2D eigenvalue weighted by atomic mass is 9.90. The number of carbonyl (C=O) groups excluding carboxylic acids is 2. The van der Waals surface area contributed by atoms with Gasteiger partial charge in [-0.2, -0.15) is 5.10 Å². The van der Waals surface area contributed by atoms with Gasteiger partial charge in [0.1, 0.15) is 24.0 Å². The highest BCUT2D eigenvalue weighted by Gasteiger charge is 2.36. The van der Waals surface area contributed by atoms with Crippen molar-refractivity contribution < 1.29 is 19.1 Å². The number of nitrogens with one attached hydrogen (secondary N) is 1. The van der Waals surface area contributed by atoms with Crippen molar-refractivity contribution in [3.05, 3.63) is 65.7 Å². The van der Waals surface area contributed by atoms with Gasteiger partial charge in [-0.05, 0) is 69.4 Å². The van der Waals surface area contributed by atoms with Gasteiger partial charge in [0.25, 0.3) is 5.91 Å². The molecule has 0 unspecified atom stereocenters. The van der Waals surface area contributed by atoms with Crippen molar-refractivity contribution in [1.29, 1.82) is 0 Å². The molecule has 0 aromatic heterocycles. The average Bonchev–Trinajstić information content (AvgIpc) is 2.85. The molecule has 3 aliphatic heterocycles. The molecule has 0 bridgehead atoms. The maximum absolute atomic E-state index is 13.1. The van der Waals surface area contributed by atoms with Gasteiger partial charge in [0.05, 0.1) is 5.69 Å². The predicted octanol–water partition coefficient (Wildman–Crippen LogP) is 4.35. The van der Waals surface area contributed by atoms with Gasteiger partial charge in [0.2, 0.25) is 0 Å². The lowest BCUT2D eigenvalue weighted by Crippen LogP contribution is -2.55. The third-order valence-corrected chi connectivity index (χ3v) is 6.66. The SMILES string of the molecule is C[C@H]1C(=O)NN=C2COc3ccc(C4=CCN(C(=O)OC(C)(C)C)[C@@H](Cc5ccccc5)C4)cc3N21. The number of rotatable bonds is 3. The molecule has 0 aliphatic carbocycles. The van der Waals surface area contributed by atoms with E-state index in [2.05, 4.69) is 34.8 Å². The van der Waals surface area contributed by atoms with E-state index < -0.39 is 5.60 Å². The summed E-state index contributed by atoms with van der Waals surface area (Å²) in [5.41, 5.74) is 6.20. The molecule has 2 aromatic rings. The van der Waals surface area contributed by atoms with Crippen molar-refractivity contribution in [3.8, 4) is 5.75 Å². The van der Waals surface area contributed by atoms with Crippen LogP contribution in [-0.4, -0.2) is 53.6 Å². The van der Waals surface area contributed by atoms with Crippen molar-refractivity contribution in [1.82, 2.24) is 10.3 Å². The second-order valence-corrected chi connectivity index (χ2v) is 10.4. The molecule has 0 fully saturated rings. The fraction of sp³-hybridized carbons (Fsp3) is 0.393. The zero-order chi connectivity index (χ0) is 25.4. The number of amidine groups is 1. The quantitative estimate of drug-likeness (QED) is 0.695. The summed E-state index contributed by atoms with van der Waals surface area (Å²) in [7, 11) is 0. The number of hydrogen-bond acceptors (Lipinski definition) is 6. The summed E-state index contributed by atoms with van der Waals surface area (Å²) in [6.45, 7) is 8.29. The number of hydrogen-bond donors (Lipinski definition) is 1. The molecule has 2 amide bonds. The first kappa shape index (κ1) is 23.9. The summed E-state index contributed by atoms with van der Waals surface area (Å²) >= 11 is 0. The van der Waals surface area contributed by atoms with Crippen molar-refractivity contribution in [2.75, 3.05) is 18.1 Å². The Hall–Kier alpha value is -3.81. The number of hydrazone groups is 1. The van der Waals surface area contributed by atoms with E-state index in [1.165, 1.54) is 5.56 Å². The second kappa shape index (κ2) is 9.33. The number of carbonyl (C=O) groups is 2. The first-order valence-corrected chi connectivity index (χ1v) is 12.3. The Morgan fingerprint density at radius 2 is 1.97 bits per heavy atom. The molecule has 8 nitrogen and oxygen atoms in total. The number of ether oxygens (including phenoxy) is 2. The molecule has 3 aliphatic rings. The van der Waals surface area contributed by atoms with E-state index in [9.17, 15) is 9.59 Å². The van der Waals surface area contributed by atoms with Crippen LogP contribution in [0.2, 0.25) is 0 Å². The number of benzene rings is 2. The highest BCUT2D eigenvalue weighted by atomic mass is 16.6. The Bertz CT molecular complexity index is 1230. The zero-order valence-corrected chi connectivity index (χ0v) is 21.2. The fourth-order valence-corrected chi connectivity index (χ4v) is 4.88. The van der Waals surface area contributed by atoms with Gasteiger partial charge in [-0.25, -0.2) is 10.2 Å². The van der Waals surface area contributed by atoms with Gasteiger partial charge in [-0.15, -0.1) is 0 Å². The smallest absolute Gasteiger partial charge is 0.410 e. The van der Waals surface area contributed by atoms with Gasteiger partial charge in [0, 0.05) is 12.6 Å². The lowest BCUT2D eigenvalue weighted by molar-refractivity contribution is -0.122. The summed E-state index contributed by atoms with van der Waals surface area (Å²) < 4.78 is 11.6. The van der Waals surface area contributed by atoms with Gasteiger partial charge >= 0.3 is 6.09 Å². The molecular formula is C28H32N4O4. The van der Waals surface area contributed by atoms with Crippen LogP contribution >= 0.6 is 0 Å². The van der Waals surface area contributed by atoms with Crippen LogP contribution in [-0.2, 0) is 16.0 Å². The molecule has 188 valence electrons. The minimum absolute atomic E-state index is 0.0497. The van der Waals surface area contributed by atoms with Crippen molar-refractivity contribution in [2.24, 2.45) is 5.10 Å². The van der Waals surface area contributed by atoms with Crippen molar-refractivity contribution in [3.63, 3.8) is 0 Å². The molecule has 0 spiro atoms. The summed E-state index contributed by atoms with van der Waals surface area (Å²) in [5, 5.41) is 4.19. The van der Waals surface area contributed by atoms with Gasteiger partial charge in [-0.1, -0.05) is 42.5 Å². The highest BCUT2D eigenvalue weighted by molar-refractivity contribution is 6.09. The molecule has 5 rings (SSSR count). The van der Waals surface area contributed by atoms with E-state index >= 15 is 0 Å². The molecule has 36 heavy (non-hydrogen) atoms. The number of fused-ring (bicyclic) bond motifs is 3.